The number of H-pyrrole nitrogens is 1. The fourth-order valence-electron chi connectivity index (χ4n) is 5.27. The molecule has 1 aliphatic heterocycles. The van der Waals surface area contributed by atoms with E-state index in [1.54, 1.807) is 4.68 Å². The summed E-state index contributed by atoms with van der Waals surface area (Å²) in [6.07, 6.45) is 1.94. The van der Waals surface area contributed by atoms with Crippen molar-refractivity contribution in [2.45, 2.75) is 27.3 Å². The summed E-state index contributed by atoms with van der Waals surface area (Å²) in [6.45, 7) is 10.2. The third-order valence-corrected chi connectivity index (χ3v) is 7.45. The maximum atomic E-state index is 13.6. The second kappa shape index (κ2) is 10.4. The molecule has 0 atom stereocenters. The number of hydrogen-bond acceptors (Lipinski definition) is 3. The molecule has 0 spiro atoms. The maximum Gasteiger partial charge on any atom is 0.259 e. The predicted octanol–water partition coefficient (Wildman–Crippen LogP) is 6.96. The number of carbonyl (C=O) groups is 1. The molecule has 8 heteroatoms. The summed E-state index contributed by atoms with van der Waals surface area (Å²) in [6, 6.07) is 24.2. The average molecular weight is 542 g/mol. The van der Waals surface area contributed by atoms with Crippen LogP contribution in [0, 0.1) is 6.92 Å². The van der Waals surface area contributed by atoms with Crippen molar-refractivity contribution < 1.29 is 4.79 Å². The summed E-state index contributed by atoms with van der Waals surface area (Å²) in [7, 11) is 1.88. The molecule has 8 nitrogen and oxygen atoms in total. The number of nitrogens with one attached hydrogen (secondary N) is 2. The molecule has 3 aromatic carbocycles. The molecule has 0 aliphatic carbocycles. The lowest BCUT2D eigenvalue weighted by atomic mass is 10.0. The Hall–Kier alpha value is -5.24. The number of nitrogens with zero attached hydrogens (tertiary/aromatic N) is 5. The minimum Gasteiger partial charge on any atom is -0.359 e. The van der Waals surface area contributed by atoms with Crippen LogP contribution in [0.4, 0.5) is 11.5 Å². The van der Waals surface area contributed by atoms with Gasteiger partial charge in [-0.2, -0.15) is 5.10 Å². The molecule has 1 amide bonds. The highest BCUT2D eigenvalue weighted by Gasteiger charge is 2.30. The summed E-state index contributed by atoms with van der Waals surface area (Å²) in [5, 5.41) is 8.57. The average Bonchev–Trinajstić information content (AvgIpc) is 3.65. The van der Waals surface area contributed by atoms with Gasteiger partial charge in [0.25, 0.3) is 5.91 Å². The Morgan fingerprint density at radius 1 is 1.02 bits per heavy atom. The van der Waals surface area contributed by atoms with E-state index in [1.165, 1.54) is 0 Å². The number of aryl methyl sites for hydroxylation is 2. The van der Waals surface area contributed by atoms with Crippen LogP contribution in [0.25, 0.3) is 27.7 Å². The largest absolute Gasteiger partial charge is 0.359 e. The van der Waals surface area contributed by atoms with Gasteiger partial charge in [-0.25, -0.2) is 9.98 Å². The molecule has 0 fully saturated rings. The highest BCUT2D eigenvalue weighted by Crippen LogP contribution is 2.38. The van der Waals surface area contributed by atoms with Crippen LogP contribution in [-0.2, 0) is 13.6 Å². The SMILES string of the molecule is C=N/C(=N\C(=C(C)C)c1c[nH]c2c(N3Cc4cc(-c5ccccc5)ccc4C3=O)cccc12)Nc1cc(C)n(C)n1. The zero-order valence-corrected chi connectivity index (χ0v) is 23.6. The summed E-state index contributed by atoms with van der Waals surface area (Å²) < 4.78 is 1.78. The molecule has 2 N–H and O–H groups in total. The molecule has 1 aliphatic rings. The van der Waals surface area contributed by atoms with Gasteiger partial charge in [-0.05, 0) is 68.0 Å². The zero-order valence-electron chi connectivity index (χ0n) is 23.6. The van der Waals surface area contributed by atoms with Gasteiger partial charge in [0.05, 0.1) is 23.4 Å². The highest BCUT2D eigenvalue weighted by molar-refractivity contribution is 6.14. The van der Waals surface area contributed by atoms with Crippen LogP contribution in [0.2, 0.25) is 0 Å². The first kappa shape index (κ1) is 26.0. The maximum absolute atomic E-state index is 13.6. The standard InChI is InChI=1S/C33H31N7O/c1-20(2)30(37-33(34-4)36-29-16-21(3)39(5)38-29)27-18-35-31-26(27)12-9-13-28(31)40-19-24-17-23(14-15-25(24)32(40)41)22-10-7-6-8-11-22/h6-18,35H,4,19H2,1-3,5H3,(H,36,37,38). The molecule has 6 rings (SSSR count). The van der Waals surface area contributed by atoms with Crippen molar-refractivity contribution in [3.63, 3.8) is 0 Å². The lowest BCUT2D eigenvalue weighted by molar-refractivity contribution is 0.0997. The van der Waals surface area contributed by atoms with Crippen LogP contribution in [0.15, 0.2) is 94.6 Å². The first-order valence-electron chi connectivity index (χ1n) is 13.5. The molecular formula is C33H31N7O. The van der Waals surface area contributed by atoms with Crippen molar-refractivity contribution in [2.75, 3.05) is 10.2 Å². The van der Waals surface area contributed by atoms with Crippen molar-refractivity contribution >= 4 is 46.7 Å². The number of aromatic nitrogens is 3. The fourth-order valence-corrected chi connectivity index (χ4v) is 5.27. The van der Waals surface area contributed by atoms with E-state index in [2.05, 4.69) is 45.3 Å². The summed E-state index contributed by atoms with van der Waals surface area (Å²) >= 11 is 0. The summed E-state index contributed by atoms with van der Waals surface area (Å²) in [4.78, 5) is 27.8. The molecule has 41 heavy (non-hydrogen) atoms. The number of rotatable bonds is 5. The zero-order chi connectivity index (χ0) is 28.7. The Morgan fingerprint density at radius 3 is 2.54 bits per heavy atom. The molecule has 5 aromatic rings. The van der Waals surface area contributed by atoms with Gasteiger partial charge in [0.15, 0.2) is 5.82 Å². The van der Waals surface area contributed by atoms with E-state index in [-0.39, 0.29) is 5.91 Å². The minimum absolute atomic E-state index is 0.00304. The number of aromatic amines is 1. The smallest absolute Gasteiger partial charge is 0.259 e. The number of hydrogen-bond donors (Lipinski definition) is 2. The predicted molar refractivity (Wildman–Crippen MR) is 168 cm³/mol. The normalized spacial score (nSPS) is 13.0. The van der Waals surface area contributed by atoms with Gasteiger partial charge in [0.1, 0.15) is 0 Å². The van der Waals surface area contributed by atoms with Crippen LogP contribution in [-0.4, -0.2) is 33.3 Å². The molecular weight excluding hydrogens is 510 g/mol. The minimum atomic E-state index is -0.00304. The number of allylic oxidation sites excluding steroid dienone is 1. The van der Waals surface area contributed by atoms with E-state index in [0.717, 1.165) is 61.4 Å². The number of fused-ring (bicyclic) bond motifs is 2. The van der Waals surface area contributed by atoms with Crippen molar-refractivity contribution in [1.29, 1.82) is 0 Å². The quantitative estimate of drug-likeness (QED) is 0.186. The molecule has 0 radical (unpaired) electrons. The van der Waals surface area contributed by atoms with Crippen LogP contribution in [0.1, 0.15) is 41.0 Å². The fraction of sp³-hybridized carbons (Fsp3) is 0.152. The molecule has 0 bridgehead atoms. The van der Waals surface area contributed by atoms with Gasteiger partial charge in [-0.1, -0.05) is 48.5 Å². The van der Waals surface area contributed by atoms with Crippen LogP contribution in [0.5, 0.6) is 0 Å². The first-order chi connectivity index (χ1) is 19.8. The molecule has 0 saturated heterocycles. The number of para-hydroxylation sites is 1. The lowest BCUT2D eigenvalue weighted by Gasteiger charge is -2.17. The van der Waals surface area contributed by atoms with E-state index in [1.807, 2.05) is 93.5 Å². The van der Waals surface area contributed by atoms with E-state index in [4.69, 9.17) is 4.99 Å². The van der Waals surface area contributed by atoms with Gasteiger partial charge >= 0.3 is 0 Å². The number of guanidine groups is 1. The van der Waals surface area contributed by atoms with Crippen molar-refractivity contribution in [2.24, 2.45) is 17.0 Å². The van der Waals surface area contributed by atoms with Gasteiger partial charge in [-0.3, -0.25) is 9.48 Å². The second-order valence-electron chi connectivity index (χ2n) is 10.4. The van der Waals surface area contributed by atoms with Gasteiger partial charge < -0.3 is 15.2 Å². The van der Waals surface area contributed by atoms with Crippen molar-refractivity contribution in [1.82, 2.24) is 14.8 Å². The number of benzene rings is 3. The van der Waals surface area contributed by atoms with Gasteiger partial charge in [0, 0.05) is 41.5 Å². The Labute approximate surface area is 238 Å². The van der Waals surface area contributed by atoms with Gasteiger partial charge in [0.2, 0.25) is 5.96 Å². The van der Waals surface area contributed by atoms with Crippen molar-refractivity contribution in [3.05, 3.63) is 107 Å². The van der Waals surface area contributed by atoms with E-state index in [0.29, 0.717) is 18.3 Å². The second-order valence-corrected chi connectivity index (χ2v) is 10.4. The monoisotopic (exact) mass is 541 g/mol. The Morgan fingerprint density at radius 2 is 1.83 bits per heavy atom. The number of carbonyl (C=O) groups excluding carboxylic acids is 1. The van der Waals surface area contributed by atoms with Crippen LogP contribution in [0.3, 0.4) is 0 Å². The lowest BCUT2D eigenvalue weighted by Crippen LogP contribution is -2.23. The number of amides is 1. The van der Waals surface area contributed by atoms with Crippen molar-refractivity contribution in [3.8, 4) is 11.1 Å². The summed E-state index contributed by atoms with van der Waals surface area (Å²) in [5.74, 6) is 0.994. The molecule has 204 valence electrons. The van der Waals surface area contributed by atoms with E-state index in [9.17, 15) is 4.79 Å². The Kier molecular flexibility index (Phi) is 6.59. The first-order valence-corrected chi connectivity index (χ1v) is 13.5. The molecule has 2 aromatic heterocycles. The topological polar surface area (TPSA) is 90.7 Å². The van der Waals surface area contributed by atoms with Crippen LogP contribution >= 0.6 is 0 Å². The van der Waals surface area contributed by atoms with Crippen LogP contribution < -0.4 is 10.2 Å². The van der Waals surface area contributed by atoms with E-state index >= 15 is 0 Å². The number of anilines is 2. The molecule has 3 heterocycles. The number of aliphatic imine (C=N–C) groups is 2. The Bertz CT molecular complexity index is 1850. The third-order valence-electron chi connectivity index (χ3n) is 7.45. The van der Waals surface area contributed by atoms with E-state index < -0.39 is 0 Å². The highest BCUT2D eigenvalue weighted by atomic mass is 16.2. The molecule has 0 saturated carbocycles. The third kappa shape index (κ3) is 4.74. The van der Waals surface area contributed by atoms with Gasteiger partial charge in [-0.15, -0.1) is 0 Å². The molecule has 0 unspecified atom stereocenters. The summed E-state index contributed by atoms with van der Waals surface area (Å²) in [5.41, 5.74) is 9.40. The Balaban J connectivity index is 1.35.